The first-order chi connectivity index (χ1) is 13.0. The van der Waals surface area contributed by atoms with Gasteiger partial charge in [0.2, 0.25) is 0 Å². The van der Waals surface area contributed by atoms with Gasteiger partial charge in [-0.2, -0.15) is 0 Å². The average Bonchev–Trinajstić information content (AvgIpc) is 3.16. The minimum absolute atomic E-state index is 0.0171. The predicted molar refractivity (Wildman–Crippen MR) is 117 cm³/mol. The van der Waals surface area contributed by atoms with Gasteiger partial charge in [-0.1, -0.05) is 22.0 Å². The first kappa shape index (κ1) is 18.2. The Morgan fingerprint density at radius 1 is 1.11 bits per heavy atom. The molecule has 4 rings (SSSR count). The number of aryl methyl sites for hydroxylation is 3. The smallest absolute Gasteiger partial charge is 0.174 e. The Kier molecular flexibility index (Phi) is 4.78. The summed E-state index contributed by atoms with van der Waals surface area (Å²) in [6.07, 6.45) is 1.83. The molecule has 0 unspecified atom stereocenters. The predicted octanol–water partition coefficient (Wildman–Crippen LogP) is 5.27. The maximum absolute atomic E-state index is 5.77. The molecule has 1 aliphatic heterocycles. The number of rotatable bonds is 3. The van der Waals surface area contributed by atoms with Crippen molar-refractivity contribution < 1.29 is 0 Å². The maximum Gasteiger partial charge on any atom is 0.174 e. The van der Waals surface area contributed by atoms with Crippen LogP contribution in [0.4, 0.5) is 5.69 Å². The summed E-state index contributed by atoms with van der Waals surface area (Å²) < 4.78 is 1.09. The third-order valence-corrected chi connectivity index (χ3v) is 6.23. The topological polar surface area (TPSA) is 44.0 Å². The molecule has 0 bridgehead atoms. The molecule has 0 saturated carbocycles. The number of nitrogens with one attached hydrogen (secondary N) is 2. The van der Waals surface area contributed by atoms with Gasteiger partial charge in [0.1, 0.15) is 0 Å². The Morgan fingerprint density at radius 3 is 2.56 bits per heavy atom. The molecule has 3 heterocycles. The number of aromatic amines is 1. The van der Waals surface area contributed by atoms with Crippen LogP contribution in [0.5, 0.6) is 0 Å². The largest absolute Gasteiger partial charge is 0.362 e. The molecule has 4 nitrogen and oxygen atoms in total. The second-order valence-electron chi connectivity index (χ2n) is 6.96. The zero-order chi connectivity index (χ0) is 19.1. The van der Waals surface area contributed by atoms with E-state index in [4.69, 9.17) is 12.2 Å². The summed E-state index contributed by atoms with van der Waals surface area (Å²) in [5, 5.41) is 4.23. The molecule has 1 saturated heterocycles. The first-order valence-electron chi connectivity index (χ1n) is 8.88. The van der Waals surface area contributed by atoms with Crippen LogP contribution in [0.25, 0.3) is 0 Å². The van der Waals surface area contributed by atoms with Crippen LogP contribution in [0.1, 0.15) is 40.3 Å². The molecule has 0 aliphatic carbocycles. The van der Waals surface area contributed by atoms with E-state index in [-0.39, 0.29) is 12.1 Å². The summed E-state index contributed by atoms with van der Waals surface area (Å²) in [6.45, 7) is 6.29. The van der Waals surface area contributed by atoms with Crippen molar-refractivity contribution in [3.63, 3.8) is 0 Å². The van der Waals surface area contributed by atoms with E-state index in [9.17, 15) is 0 Å². The van der Waals surface area contributed by atoms with E-state index in [1.165, 1.54) is 11.1 Å². The lowest BCUT2D eigenvalue weighted by molar-refractivity contribution is 0.566. The summed E-state index contributed by atoms with van der Waals surface area (Å²) in [7, 11) is 0. The van der Waals surface area contributed by atoms with Crippen molar-refractivity contribution in [3.05, 3.63) is 81.3 Å². The number of anilines is 1. The molecule has 138 valence electrons. The van der Waals surface area contributed by atoms with E-state index in [2.05, 4.69) is 87.2 Å². The minimum Gasteiger partial charge on any atom is -0.362 e. The molecule has 27 heavy (non-hydrogen) atoms. The lowest BCUT2D eigenvalue weighted by atomic mass is 9.96. The summed E-state index contributed by atoms with van der Waals surface area (Å²) in [5.41, 5.74) is 6.78. The van der Waals surface area contributed by atoms with E-state index in [0.29, 0.717) is 0 Å². The van der Waals surface area contributed by atoms with Gasteiger partial charge < -0.3 is 15.2 Å². The quantitative estimate of drug-likeness (QED) is 0.544. The van der Waals surface area contributed by atoms with E-state index in [1.807, 2.05) is 18.3 Å². The molecule has 0 amide bonds. The second kappa shape index (κ2) is 7.09. The van der Waals surface area contributed by atoms with Crippen molar-refractivity contribution in [2.75, 3.05) is 4.90 Å². The van der Waals surface area contributed by atoms with E-state index in [1.54, 1.807) is 0 Å². The molecule has 6 heteroatoms. The fourth-order valence-corrected chi connectivity index (χ4v) is 4.37. The van der Waals surface area contributed by atoms with Crippen LogP contribution in [-0.4, -0.2) is 15.1 Å². The van der Waals surface area contributed by atoms with Crippen molar-refractivity contribution in [3.8, 4) is 0 Å². The zero-order valence-electron chi connectivity index (χ0n) is 15.5. The average molecular weight is 441 g/mol. The SMILES string of the molecule is Cc1cc([C@@H]2[C@@H](c3ccccn3)NC(=S)N2c2ccc(Br)c(C)c2)c(C)[nH]1. The van der Waals surface area contributed by atoms with E-state index in [0.717, 1.165) is 32.4 Å². The van der Waals surface area contributed by atoms with Crippen LogP contribution in [0.2, 0.25) is 0 Å². The fourth-order valence-electron chi connectivity index (χ4n) is 3.78. The number of H-pyrrole nitrogens is 1. The van der Waals surface area contributed by atoms with Gasteiger partial charge in [-0.3, -0.25) is 4.98 Å². The zero-order valence-corrected chi connectivity index (χ0v) is 17.9. The van der Waals surface area contributed by atoms with Crippen LogP contribution in [0.3, 0.4) is 0 Å². The van der Waals surface area contributed by atoms with Gasteiger partial charge in [-0.25, -0.2) is 0 Å². The molecule has 1 aliphatic rings. The summed E-state index contributed by atoms with van der Waals surface area (Å²) in [4.78, 5) is 10.3. The Hall–Kier alpha value is -2.18. The monoisotopic (exact) mass is 440 g/mol. The van der Waals surface area contributed by atoms with Crippen molar-refractivity contribution in [1.29, 1.82) is 0 Å². The lowest BCUT2D eigenvalue weighted by Crippen LogP contribution is -2.29. The number of halogens is 1. The number of benzene rings is 1. The van der Waals surface area contributed by atoms with Gasteiger partial charge in [0.05, 0.1) is 17.8 Å². The Balaban J connectivity index is 1.87. The Bertz CT molecular complexity index is 999. The molecule has 0 spiro atoms. The standard InChI is InChI=1S/C21H21BrN4S/c1-12-10-15(7-8-17(12)22)26-20(16-11-13(2)24-14(16)3)19(25-21(26)27)18-6-4-5-9-23-18/h4-11,19-20,24H,1-3H3,(H,25,27)/t19-,20-/m1/s1. The first-order valence-corrected chi connectivity index (χ1v) is 10.1. The highest BCUT2D eigenvalue weighted by molar-refractivity contribution is 9.10. The van der Waals surface area contributed by atoms with E-state index < -0.39 is 0 Å². The highest BCUT2D eigenvalue weighted by Gasteiger charge is 2.41. The van der Waals surface area contributed by atoms with Crippen LogP contribution in [0.15, 0.2) is 53.1 Å². The Morgan fingerprint density at radius 2 is 1.93 bits per heavy atom. The number of aromatic nitrogens is 2. The number of hydrogen-bond donors (Lipinski definition) is 2. The fraction of sp³-hybridized carbons (Fsp3) is 0.238. The number of hydrogen-bond acceptors (Lipinski definition) is 2. The molecule has 2 atom stereocenters. The van der Waals surface area contributed by atoms with Crippen LogP contribution in [0, 0.1) is 20.8 Å². The number of pyridine rings is 1. The van der Waals surface area contributed by atoms with Gasteiger partial charge >= 0.3 is 0 Å². The summed E-state index contributed by atoms with van der Waals surface area (Å²) in [5.74, 6) is 0. The van der Waals surface area contributed by atoms with Crippen LogP contribution >= 0.6 is 28.1 Å². The third-order valence-electron chi connectivity index (χ3n) is 5.03. The third kappa shape index (κ3) is 3.28. The summed E-state index contributed by atoms with van der Waals surface area (Å²) in [6, 6.07) is 14.6. The van der Waals surface area contributed by atoms with Gasteiger partial charge in [0.25, 0.3) is 0 Å². The van der Waals surface area contributed by atoms with Gasteiger partial charge in [0.15, 0.2) is 5.11 Å². The molecule has 3 aromatic rings. The van der Waals surface area contributed by atoms with Gasteiger partial charge in [-0.15, -0.1) is 0 Å². The Labute approximate surface area is 173 Å². The molecule has 2 N–H and O–H groups in total. The van der Waals surface area contributed by atoms with Gasteiger partial charge in [0, 0.05) is 27.7 Å². The minimum atomic E-state index is -0.0171. The van der Waals surface area contributed by atoms with Crippen molar-refractivity contribution in [1.82, 2.24) is 15.3 Å². The highest BCUT2D eigenvalue weighted by atomic mass is 79.9. The van der Waals surface area contributed by atoms with Crippen molar-refractivity contribution >= 4 is 38.9 Å². The van der Waals surface area contributed by atoms with Crippen LogP contribution < -0.4 is 10.2 Å². The van der Waals surface area contributed by atoms with Crippen molar-refractivity contribution in [2.45, 2.75) is 32.9 Å². The summed E-state index contributed by atoms with van der Waals surface area (Å²) >= 11 is 9.36. The normalized spacial score (nSPS) is 19.4. The number of nitrogens with zero attached hydrogens (tertiary/aromatic N) is 2. The molecule has 1 fully saturated rings. The maximum atomic E-state index is 5.77. The molecular formula is C21H21BrN4S. The molecule has 1 aromatic carbocycles. The van der Waals surface area contributed by atoms with E-state index >= 15 is 0 Å². The van der Waals surface area contributed by atoms with Gasteiger partial charge in [-0.05, 0) is 80.5 Å². The molecule has 2 aromatic heterocycles. The number of thiocarbonyl (C=S) groups is 1. The molecule has 0 radical (unpaired) electrons. The lowest BCUT2D eigenvalue weighted by Gasteiger charge is -2.28. The second-order valence-corrected chi connectivity index (χ2v) is 8.20. The molecular weight excluding hydrogens is 420 g/mol. The highest BCUT2D eigenvalue weighted by Crippen LogP contribution is 2.43. The van der Waals surface area contributed by atoms with Crippen molar-refractivity contribution in [2.24, 2.45) is 0 Å². The van der Waals surface area contributed by atoms with Crippen LogP contribution in [-0.2, 0) is 0 Å².